The van der Waals surface area contributed by atoms with E-state index in [0.717, 1.165) is 36.9 Å². The van der Waals surface area contributed by atoms with E-state index in [0.29, 0.717) is 25.5 Å². The number of carbonyl (C=O) groups excluding carboxylic acids is 2. The zero-order valence-electron chi connectivity index (χ0n) is 16.6. The smallest absolute Gasteiger partial charge is 0.309 e. The molecule has 1 aromatic heterocycles. The molecule has 28 heavy (non-hydrogen) atoms. The molecule has 3 rings (SSSR count). The predicted molar refractivity (Wildman–Crippen MR) is 105 cm³/mol. The first-order valence-corrected chi connectivity index (χ1v) is 9.88. The molecule has 1 aliphatic rings. The van der Waals surface area contributed by atoms with E-state index in [1.54, 1.807) is 0 Å². The van der Waals surface area contributed by atoms with Gasteiger partial charge in [0.15, 0.2) is 0 Å². The lowest BCUT2D eigenvalue weighted by atomic mass is 9.79. The molecule has 1 saturated carbocycles. The minimum absolute atomic E-state index is 0.0189. The first-order chi connectivity index (χ1) is 13.6. The van der Waals surface area contributed by atoms with Gasteiger partial charge in [-0.15, -0.1) is 0 Å². The Morgan fingerprint density at radius 1 is 1.14 bits per heavy atom. The average molecular weight is 384 g/mol. The lowest BCUT2D eigenvalue weighted by molar-refractivity contribution is -0.151. The molecular formula is C22H28N2O4. The van der Waals surface area contributed by atoms with Gasteiger partial charge in [-0.25, -0.2) is 0 Å². The summed E-state index contributed by atoms with van der Waals surface area (Å²) in [5.74, 6) is 0.0680. The fraction of sp³-hybridized carbons (Fsp3) is 0.500. The number of methoxy groups -OCH3 is 1. The number of hydrogen-bond acceptors (Lipinski definition) is 5. The fourth-order valence-corrected chi connectivity index (χ4v) is 3.87. The zero-order valence-corrected chi connectivity index (χ0v) is 16.6. The highest BCUT2D eigenvalue weighted by Crippen LogP contribution is 2.37. The Morgan fingerprint density at radius 2 is 1.86 bits per heavy atom. The monoisotopic (exact) mass is 384 g/mol. The Kier molecular flexibility index (Phi) is 6.85. The molecule has 1 heterocycles. The van der Waals surface area contributed by atoms with Gasteiger partial charge >= 0.3 is 11.9 Å². The highest BCUT2D eigenvalue weighted by Gasteiger charge is 2.29. The molecule has 0 bridgehead atoms. The molecule has 0 N–H and O–H groups in total. The minimum atomic E-state index is -0.231. The van der Waals surface area contributed by atoms with Crippen molar-refractivity contribution >= 4 is 11.9 Å². The third kappa shape index (κ3) is 5.00. The van der Waals surface area contributed by atoms with Crippen molar-refractivity contribution in [3.05, 3.63) is 53.3 Å². The number of benzene rings is 1. The first-order valence-electron chi connectivity index (χ1n) is 9.88. The molecule has 6 heteroatoms. The number of hydrogen-bond donors (Lipinski definition) is 0. The van der Waals surface area contributed by atoms with Crippen molar-refractivity contribution < 1.29 is 19.1 Å². The van der Waals surface area contributed by atoms with Crippen LogP contribution in [0.1, 0.15) is 54.8 Å². The molecular weight excluding hydrogens is 356 g/mol. The molecule has 0 radical (unpaired) electrons. The number of rotatable bonds is 7. The number of ether oxygens (including phenoxy) is 2. The number of aryl methyl sites for hydroxylation is 1. The molecule has 0 atom stereocenters. The van der Waals surface area contributed by atoms with E-state index in [2.05, 4.69) is 5.10 Å². The topological polar surface area (TPSA) is 70.4 Å². The molecule has 0 amide bonds. The van der Waals surface area contributed by atoms with E-state index in [-0.39, 0.29) is 17.9 Å². The molecule has 6 nitrogen and oxygen atoms in total. The summed E-state index contributed by atoms with van der Waals surface area (Å²) in [5, 5.41) is 4.43. The molecule has 1 aliphatic carbocycles. The van der Waals surface area contributed by atoms with Gasteiger partial charge < -0.3 is 9.47 Å². The van der Waals surface area contributed by atoms with E-state index in [1.807, 2.05) is 48.1 Å². The molecule has 2 aromatic rings. The van der Waals surface area contributed by atoms with E-state index < -0.39 is 0 Å². The van der Waals surface area contributed by atoms with Crippen molar-refractivity contribution in [2.75, 3.05) is 7.11 Å². The summed E-state index contributed by atoms with van der Waals surface area (Å²) in [7, 11) is 1.40. The third-order valence-corrected chi connectivity index (χ3v) is 5.62. The van der Waals surface area contributed by atoms with Gasteiger partial charge in [0.05, 0.1) is 32.2 Å². The van der Waals surface area contributed by atoms with E-state index in [4.69, 9.17) is 9.47 Å². The maximum atomic E-state index is 12.4. The summed E-state index contributed by atoms with van der Waals surface area (Å²) in [4.78, 5) is 23.7. The molecule has 0 saturated heterocycles. The van der Waals surface area contributed by atoms with Crippen LogP contribution < -0.4 is 0 Å². The largest absolute Gasteiger partial charge is 0.469 e. The lowest BCUT2D eigenvalue weighted by Gasteiger charge is -2.27. The Bertz CT molecular complexity index is 792. The second-order valence-electron chi connectivity index (χ2n) is 7.38. The van der Waals surface area contributed by atoms with Crippen LogP contribution in [0, 0.1) is 12.8 Å². The first kappa shape index (κ1) is 20.1. The highest BCUT2D eigenvalue weighted by molar-refractivity contribution is 5.72. The summed E-state index contributed by atoms with van der Waals surface area (Å²) in [6.45, 7) is 2.91. The van der Waals surface area contributed by atoms with Crippen LogP contribution in [0.5, 0.6) is 0 Å². The van der Waals surface area contributed by atoms with Crippen LogP contribution in [0.2, 0.25) is 0 Å². The average Bonchev–Trinajstić information content (AvgIpc) is 3.11. The number of carbonyl (C=O) groups is 2. The maximum Gasteiger partial charge on any atom is 0.309 e. The van der Waals surface area contributed by atoms with Crippen LogP contribution in [0.4, 0.5) is 0 Å². The van der Waals surface area contributed by atoms with Crippen molar-refractivity contribution in [3.8, 4) is 0 Å². The van der Waals surface area contributed by atoms with Crippen LogP contribution in [0.3, 0.4) is 0 Å². The van der Waals surface area contributed by atoms with Crippen molar-refractivity contribution in [2.24, 2.45) is 5.92 Å². The number of esters is 2. The molecule has 0 unspecified atom stereocenters. The Morgan fingerprint density at radius 3 is 2.54 bits per heavy atom. The molecule has 150 valence electrons. The van der Waals surface area contributed by atoms with Crippen LogP contribution in [0.15, 0.2) is 36.5 Å². The minimum Gasteiger partial charge on any atom is -0.469 e. The van der Waals surface area contributed by atoms with Crippen molar-refractivity contribution in [2.45, 2.75) is 58.1 Å². The number of aromatic nitrogens is 2. The van der Waals surface area contributed by atoms with Gasteiger partial charge in [0.25, 0.3) is 0 Å². The van der Waals surface area contributed by atoms with E-state index in [1.165, 1.54) is 12.7 Å². The predicted octanol–water partition coefficient (Wildman–Crippen LogP) is 3.77. The third-order valence-electron chi connectivity index (χ3n) is 5.62. The second kappa shape index (κ2) is 9.53. The van der Waals surface area contributed by atoms with Crippen LogP contribution >= 0.6 is 0 Å². The molecule has 1 fully saturated rings. The van der Waals surface area contributed by atoms with Gasteiger partial charge in [0, 0.05) is 5.69 Å². The lowest BCUT2D eigenvalue weighted by Crippen LogP contribution is -2.23. The highest BCUT2D eigenvalue weighted by atomic mass is 16.5. The van der Waals surface area contributed by atoms with Crippen LogP contribution in [-0.4, -0.2) is 28.8 Å². The standard InChI is InChI=1S/C22H28N2O4/c1-16-20(14-23-24(16)13-12-21(25)27-2)18-8-10-19(11-9-18)22(26)28-15-17-6-4-3-5-7-17/h3-7,14,18-19H,8-13,15H2,1-2H3. The van der Waals surface area contributed by atoms with Gasteiger partial charge in [-0.05, 0) is 49.7 Å². The maximum absolute atomic E-state index is 12.4. The van der Waals surface area contributed by atoms with Gasteiger partial charge in [-0.1, -0.05) is 30.3 Å². The molecule has 0 aliphatic heterocycles. The summed E-state index contributed by atoms with van der Waals surface area (Å²) in [5.41, 5.74) is 3.33. The Hall–Kier alpha value is -2.63. The Labute approximate surface area is 165 Å². The number of nitrogens with zero attached hydrogens (tertiary/aromatic N) is 2. The Balaban J connectivity index is 1.49. The van der Waals surface area contributed by atoms with Crippen molar-refractivity contribution in [1.29, 1.82) is 0 Å². The normalized spacial score (nSPS) is 19.2. The van der Waals surface area contributed by atoms with Gasteiger partial charge in [0.2, 0.25) is 0 Å². The van der Waals surface area contributed by atoms with Gasteiger partial charge in [-0.3, -0.25) is 14.3 Å². The quantitative estimate of drug-likeness (QED) is 0.680. The summed E-state index contributed by atoms with van der Waals surface area (Å²) in [6, 6.07) is 9.77. The summed E-state index contributed by atoms with van der Waals surface area (Å²) < 4.78 is 12.1. The van der Waals surface area contributed by atoms with Crippen molar-refractivity contribution in [1.82, 2.24) is 9.78 Å². The zero-order chi connectivity index (χ0) is 19.9. The molecule has 1 aromatic carbocycles. The second-order valence-corrected chi connectivity index (χ2v) is 7.38. The van der Waals surface area contributed by atoms with E-state index >= 15 is 0 Å². The van der Waals surface area contributed by atoms with Crippen molar-refractivity contribution in [3.63, 3.8) is 0 Å². The van der Waals surface area contributed by atoms with E-state index in [9.17, 15) is 9.59 Å². The van der Waals surface area contributed by atoms with Gasteiger partial charge in [0.1, 0.15) is 6.61 Å². The van der Waals surface area contributed by atoms with Crippen LogP contribution in [-0.2, 0) is 32.2 Å². The SMILES string of the molecule is COC(=O)CCn1ncc(C2CCC(C(=O)OCc3ccccc3)CC2)c1C. The van der Waals surface area contributed by atoms with Crippen LogP contribution in [0.25, 0.3) is 0 Å². The van der Waals surface area contributed by atoms with Gasteiger partial charge in [-0.2, -0.15) is 5.10 Å². The summed E-state index contributed by atoms with van der Waals surface area (Å²) in [6.07, 6.45) is 5.81. The summed E-state index contributed by atoms with van der Waals surface area (Å²) >= 11 is 0. The fourth-order valence-electron chi connectivity index (χ4n) is 3.87. The molecule has 0 spiro atoms.